The summed E-state index contributed by atoms with van der Waals surface area (Å²) < 4.78 is 14.1. The van der Waals surface area contributed by atoms with E-state index in [9.17, 15) is 38.6 Å². The van der Waals surface area contributed by atoms with E-state index in [2.05, 4.69) is 16.0 Å². The van der Waals surface area contributed by atoms with Gasteiger partial charge in [-0.15, -0.1) is 0 Å². The zero-order valence-corrected chi connectivity index (χ0v) is 30.2. The summed E-state index contributed by atoms with van der Waals surface area (Å²) in [6.45, 7) is -0.460. The van der Waals surface area contributed by atoms with Crippen molar-refractivity contribution in [3.05, 3.63) is 114 Å². The second-order valence-electron chi connectivity index (χ2n) is 13.2. The van der Waals surface area contributed by atoms with Gasteiger partial charge < -0.3 is 41.6 Å². The van der Waals surface area contributed by atoms with Crippen molar-refractivity contribution >= 4 is 40.7 Å². The van der Waals surface area contributed by atoms with Gasteiger partial charge in [-0.3, -0.25) is 19.2 Å². The van der Waals surface area contributed by atoms with Crippen LogP contribution in [0.5, 0.6) is 5.75 Å². The van der Waals surface area contributed by atoms with E-state index in [0.29, 0.717) is 30.3 Å². The molecule has 0 fully saturated rings. The van der Waals surface area contributed by atoms with Crippen molar-refractivity contribution in [3.8, 4) is 5.75 Å². The Bertz CT molecular complexity index is 1880. The number of rotatable bonds is 20. The van der Waals surface area contributed by atoms with Crippen LogP contribution in [0.2, 0.25) is 0 Å². The molecule has 0 saturated heterocycles. The van der Waals surface area contributed by atoms with Crippen LogP contribution in [0.25, 0.3) is 10.8 Å². The predicted molar refractivity (Wildman–Crippen MR) is 203 cm³/mol. The summed E-state index contributed by atoms with van der Waals surface area (Å²) >= 11 is 0. The number of phenolic OH excluding ortho intramolecular Hbond substituents is 1. The number of carbonyl (C=O) groups excluding carboxylic acids is 5. The average Bonchev–Trinajstić information content (AvgIpc) is 3.18. The molecule has 0 aromatic heterocycles. The Morgan fingerprint density at radius 2 is 1.52 bits per heavy atom. The molecule has 0 aliphatic heterocycles. The molecular weight excluding hydrogens is 693 g/mol. The number of aromatic hydroxyl groups is 1. The van der Waals surface area contributed by atoms with Crippen LogP contribution in [0, 0.1) is 5.82 Å². The maximum absolute atomic E-state index is 14.1. The number of amides is 4. The van der Waals surface area contributed by atoms with E-state index in [4.69, 9.17) is 5.73 Å². The number of nitrogens with zero attached hydrogens (tertiary/aromatic N) is 1. The van der Waals surface area contributed by atoms with Gasteiger partial charge in [-0.05, 0) is 77.8 Å². The van der Waals surface area contributed by atoms with Gasteiger partial charge in [0.2, 0.25) is 23.6 Å². The lowest BCUT2D eigenvalue weighted by molar-refractivity contribution is -0.139. The van der Waals surface area contributed by atoms with E-state index in [1.165, 1.54) is 30.1 Å². The number of benzene rings is 4. The van der Waals surface area contributed by atoms with E-state index in [-0.39, 0.29) is 50.3 Å². The van der Waals surface area contributed by atoms with Crippen molar-refractivity contribution in [2.24, 2.45) is 5.73 Å². The second kappa shape index (κ2) is 20.5. The molecular formula is C41H48FN5O7. The number of likely N-dealkylation sites (N-methyl/N-ethyl adjacent to an activating group) is 1. The van der Waals surface area contributed by atoms with Gasteiger partial charge in [0.25, 0.3) is 0 Å². The van der Waals surface area contributed by atoms with Crippen LogP contribution < -0.4 is 21.7 Å². The Kier molecular flexibility index (Phi) is 15.6. The number of aryl methyl sites for hydroxylation is 1. The molecule has 0 radical (unpaired) electrons. The minimum atomic E-state index is -1.21. The van der Waals surface area contributed by atoms with E-state index < -0.39 is 54.3 Å². The van der Waals surface area contributed by atoms with Crippen LogP contribution in [0.3, 0.4) is 0 Å². The first-order valence-corrected chi connectivity index (χ1v) is 17.9. The molecule has 4 rings (SSSR count). The molecule has 4 atom stereocenters. The molecule has 12 nitrogen and oxygen atoms in total. The molecule has 7 N–H and O–H groups in total. The van der Waals surface area contributed by atoms with E-state index in [0.717, 1.165) is 16.3 Å². The fourth-order valence-electron chi connectivity index (χ4n) is 6.10. The zero-order valence-electron chi connectivity index (χ0n) is 30.2. The molecule has 0 aliphatic carbocycles. The molecule has 0 aliphatic rings. The summed E-state index contributed by atoms with van der Waals surface area (Å²) in [5, 5.41) is 29.4. The van der Waals surface area contributed by atoms with Gasteiger partial charge in [-0.25, -0.2) is 4.39 Å². The van der Waals surface area contributed by atoms with Crippen molar-refractivity contribution in [3.63, 3.8) is 0 Å². The molecule has 4 aromatic carbocycles. The van der Waals surface area contributed by atoms with Crippen LogP contribution in [-0.4, -0.2) is 89.4 Å². The number of phenols is 1. The van der Waals surface area contributed by atoms with Crippen molar-refractivity contribution in [2.75, 3.05) is 20.2 Å². The van der Waals surface area contributed by atoms with Crippen LogP contribution >= 0.6 is 0 Å². The molecule has 54 heavy (non-hydrogen) atoms. The SMILES string of the molecule is CN(C(=O)CCc1ccccc1F)[C@@H](Cc1ccc(O)cc1)C(=O)N[C@@H](C=O)CCCCNC(=O)[C@H](CO)NC(=O)[C@@H](N)Cc1cccc2ccccc12. The number of hydrogen-bond acceptors (Lipinski definition) is 8. The van der Waals surface area contributed by atoms with Crippen LogP contribution in [0.1, 0.15) is 42.4 Å². The number of unbranched alkanes of at least 4 members (excludes halogenated alkanes) is 1. The zero-order chi connectivity index (χ0) is 39.0. The monoisotopic (exact) mass is 741 g/mol. The smallest absolute Gasteiger partial charge is 0.244 e. The third kappa shape index (κ3) is 11.9. The van der Waals surface area contributed by atoms with Crippen molar-refractivity contribution in [1.82, 2.24) is 20.9 Å². The Morgan fingerprint density at radius 3 is 2.24 bits per heavy atom. The van der Waals surface area contributed by atoms with Gasteiger partial charge in [-0.2, -0.15) is 0 Å². The Hall–Kier alpha value is -5.66. The standard InChI is InChI=1S/C41H48FN5O7/c1-47(38(51)21-18-29-10-3-5-15-34(29)42)37(23-27-16-19-32(50)20-17-27)41(54)45-31(25-48)13-6-7-22-44-40(53)36(26-49)46-39(52)35(43)24-30-12-8-11-28-9-2-4-14-33(28)30/h2-5,8-12,14-17,19-20,25,31,35-37,49-50H,6-7,13,18,21-24,26,43H2,1H3,(H,44,53)(H,45,54)(H,46,52)/t31-,35+,36+,37+/m1/s1. The number of halogens is 1. The summed E-state index contributed by atoms with van der Waals surface area (Å²) in [6.07, 6.45) is 2.13. The fourth-order valence-corrected chi connectivity index (χ4v) is 6.10. The first-order chi connectivity index (χ1) is 26.0. The summed E-state index contributed by atoms with van der Waals surface area (Å²) in [7, 11) is 1.48. The van der Waals surface area contributed by atoms with Crippen molar-refractivity contribution in [2.45, 2.75) is 69.1 Å². The van der Waals surface area contributed by atoms with Crippen LogP contribution in [0.4, 0.5) is 4.39 Å². The van der Waals surface area contributed by atoms with Gasteiger partial charge in [0, 0.05) is 26.4 Å². The average molecular weight is 742 g/mol. The highest BCUT2D eigenvalue weighted by Crippen LogP contribution is 2.20. The lowest BCUT2D eigenvalue weighted by atomic mass is 9.98. The third-order valence-corrected chi connectivity index (χ3v) is 9.30. The molecule has 0 heterocycles. The summed E-state index contributed by atoms with van der Waals surface area (Å²) in [4.78, 5) is 65.6. The molecule has 0 bridgehead atoms. The summed E-state index contributed by atoms with van der Waals surface area (Å²) in [5.41, 5.74) is 8.10. The van der Waals surface area contributed by atoms with Crippen LogP contribution in [0.15, 0.2) is 91.0 Å². The first kappa shape index (κ1) is 41.1. The third-order valence-electron chi connectivity index (χ3n) is 9.30. The number of aliphatic hydroxyl groups is 1. The molecule has 0 saturated carbocycles. The topological polar surface area (TPSA) is 191 Å². The van der Waals surface area contributed by atoms with E-state index in [1.807, 2.05) is 42.5 Å². The van der Waals surface area contributed by atoms with E-state index in [1.54, 1.807) is 30.3 Å². The molecule has 4 aromatic rings. The van der Waals surface area contributed by atoms with Crippen LogP contribution in [-0.2, 0) is 43.2 Å². The quantitative estimate of drug-likeness (QED) is 0.0589. The molecule has 286 valence electrons. The normalized spacial score (nSPS) is 13.3. The van der Waals surface area contributed by atoms with Gasteiger partial charge in [-0.1, -0.05) is 72.8 Å². The van der Waals surface area contributed by atoms with Gasteiger partial charge in [0.05, 0.1) is 18.7 Å². The number of fused-ring (bicyclic) bond motifs is 1. The Balaban J connectivity index is 1.25. The number of nitrogens with one attached hydrogen (secondary N) is 3. The van der Waals surface area contributed by atoms with Crippen molar-refractivity contribution < 1.29 is 38.6 Å². The lowest BCUT2D eigenvalue weighted by Crippen LogP contribution is -2.53. The highest BCUT2D eigenvalue weighted by atomic mass is 19.1. The minimum Gasteiger partial charge on any atom is -0.508 e. The highest BCUT2D eigenvalue weighted by Gasteiger charge is 2.29. The van der Waals surface area contributed by atoms with E-state index >= 15 is 0 Å². The summed E-state index contributed by atoms with van der Waals surface area (Å²) in [5.74, 6) is -2.51. The predicted octanol–water partition coefficient (Wildman–Crippen LogP) is 2.70. The molecule has 4 amide bonds. The maximum Gasteiger partial charge on any atom is 0.244 e. The first-order valence-electron chi connectivity index (χ1n) is 17.9. The highest BCUT2D eigenvalue weighted by molar-refractivity contribution is 5.91. The number of nitrogens with two attached hydrogens (primary N) is 1. The second-order valence-corrected chi connectivity index (χ2v) is 13.2. The Labute approximate surface area is 313 Å². The number of aldehydes is 1. The largest absolute Gasteiger partial charge is 0.508 e. The molecule has 0 unspecified atom stereocenters. The van der Waals surface area contributed by atoms with Gasteiger partial charge in [0.1, 0.15) is 29.9 Å². The lowest BCUT2D eigenvalue weighted by Gasteiger charge is -2.29. The van der Waals surface area contributed by atoms with Crippen molar-refractivity contribution in [1.29, 1.82) is 0 Å². The van der Waals surface area contributed by atoms with Gasteiger partial charge in [0.15, 0.2) is 0 Å². The minimum absolute atomic E-state index is 0.0415. The van der Waals surface area contributed by atoms with Gasteiger partial charge >= 0.3 is 0 Å². The summed E-state index contributed by atoms with van der Waals surface area (Å²) in [6, 6.07) is 21.8. The number of carbonyl (C=O) groups is 5. The number of hydrogen-bond donors (Lipinski definition) is 6. The fraction of sp³-hybridized carbons (Fsp3) is 0.341. The molecule has 13 heteroatoms. The maximum atomic E-state index is 14.1. The Morgan fingerprint density at radius 1 is 0.833 bits per heavy atom. The molecule has 0 spiro atoms. The number of aliphatic hydroxyl groups excluding tert-OH is 1.